The minimum Gasteiger partial charge on any atom is -0.481 e. The van der Waals surface area contributed by atoms with Crippen LogP contribution >= 0.6 is 11.6 Å². The number of nitrogens with zero attached hydrogens (tertiary/aromatic N) is 2. The monoisotopic (exact) mass is 398 g/mol. The van der Waals surface area contributed by atoms with E-state index in [1.807, 2.05) is 0 Å². The molecule has 0 aliphatic heterocycles. The molecule has 0 spiro atoms. The van der Waals surface area contributed by atoms with Crippen LogP contribution in [0.25, 0.3) is 0 Å². The molecule has 1 N–H and O–H groups in total. The molecule has 0 radical (unpaired) electrons. The van der Waals surface area contributed by atoms with E-state index in [1.54, 1.807) is 13.0 Å². The van der Waals surface area contributed by atoms with Gasteiger partial charge in [0, 0.05) is 17.6 Å². The molecule has 2 aromatic rings. The van der Waals surface area contributed by atoms with Crippen molar-refractivity contribution in [3.63, 3.8) is 0 Å². The van der Waals surface area contributed by atoms with Gasteiger partial charge in [0.15, 0.2) is 4.90 Å². The fourth-order valence-corrected chi connectivity index (χ4v) is 4.23. The van der Waals surface area contributed by atoms with E-state index in [9.17, 15) is 23.3 Å². The zero-order valence-electron chi connectivity index (χ0n) is 13.6. The highest BCUT2D eigenvalue weighted by atomic mass is 35.5. The van der Waals surface area contributed by atoms with Crippen molar-refractivity contribution in [2.45, 2.75) is 18.2 Å². The predicted molar refractivity (Wildman–Crippen MR) is 96.1 cm³/mol. The average Bonchev–Trinajstić information content (AvgIpc) is 2.58. The van der Waals surface area contributed by atoms with E-state index in [0.29, 0.717) is 10.6 Å². The van der Waals surface area contributed by atoms with Crippen LogP contribution < -0.4 is 4.31 Å². The minimum absolute atomic E-state index is 0.164. The van der Waals surface area contributed by atoms with Gasteiger partial charge in [0.25, 0.3) is 15.7 Å². The molecule has 0 aromatic heterocycles. The zero-order valence-corrected chi connectivity index (χ0v) is 15.2. The van der Waals surface area contributed by atoms with Gasteiger partial charge < -0.3 is 5.11 Å². The fraction of sp³-hybridized carbons (Fsp3) is 0.188. The molecule has 0 aliphatic carbocycles. The summed E-state index contributed by atoms with van der Waals surface area (Å²) in [6.45, 7) is 1.19. The number of para-hydroxylation sites is 1. The number of rotatable bonds is 7. The lowest BCUT2D eigenvalue weighted by Crippen LogP contribution is -2.34. The van der Waals surface area contributed by atoms with Crippen molar-refractivity contribution in [3.8, 4) is 0 Å². The fourth-order valence-electron chi connectivity index (χ4n) is 2.38. The summed E-state index contributed by atoms with van der Waals surface area (Å²) in [5, 5.41) is 20.5. The van der Waals surface area contributed by atoms with Crippen LogP contribution in [0.1, 0.15) is 12.0 Å². The Labute approximate surface area is 154 Å². The first-order chi connectivity index (χ1) is 12.2. The zero-order chi connectivity index (χ0) is 19.5. The molecule has 26 heavy (non-hydrogen) atoms. The minimum atomic E-state index is -4.40. The van der Waals surface area contributed by atoms with Crippen LogP contribution in [0, 0.1) is 17.0 Å². The molecule has 2 aromatic carbocycles. The summed E-state index contributed by atoms with van der Waals surface area (Å²) in [6, 6.07) is 9.45. The highest BCUT2D eigenvalue weighted by Crippen LogP contribution is 2.33. The molecular formula is C16H15ClN2O6S. The van der Waals surface area contributed by atoms with E-state index < -0.39 is 44.5 Å². The first-order valence-electron chi connectivity index (χ1n) is 7.39. The smallest absolute Gasteiger partial charge is 0.305 e. The molecule has 2 rings (SSSR count). The van der Waals surface area contributed by atoms with Crippen LogP contribution in [0.5, 0.6) is 0 Å². The van der Waals surface area contributed by atoms with Gasteiger partial charge in [0.1, 0.15) is 0 Å². The maximum Gasteiger partial charge on any atom is 0.305 e. The molecule has 0 aliphatic rings. The summed E-state index contributed by atoms with van der Waals surface area (Å²) in [5.41, 5.74) is -0.00822. The first-order valence-corrected chi connectivity index (χ1v) is 9.21. The first kappa shape index (κ1) is 19.7. The lowest BCUT2D eigenvalue weighted by Gasteiger charge is -2.25. The number of carboxylic acid groups (broad SMARTS) is 1. The third-order valence-electron chi connectivity index (χ3n) is 3.67. The third-order valence-corrected chi connectivity index (χ3v) is 5.94. The number of carbonyl (C=O) groups is 1. The Hall–Kier alpha value is -2.65. The standard InChI is InChI=1S/C16H15ClN2O6S/c1-11-12(17)5-4-7-13(11)18(10-9-16(20)21)26(24,25)15-8-3-2-6-14(15)19(22)23/h2-8H,9-10H2,1H3,(H,20,21). The Bertz CT molecular complexity index is 961. The van der Waals surface area contributed by atoms with E-state index in [-0.39, 0.29) is 5.69 Å². The number of nitro benzene ring substituents is 1. The molecule has 0 atom stereocenters. The van der Waals surface area contributed by atoms with Crippen LogP contribution in [0.15, 0.2) is 47.4 Å². The van der Waals surface area contributed by atoms with Crippen molar-refractivity contribution in [3.05, 3.63) is 63.2 Å². The van der Waals surface area contributed by atoms with E-state index >= 15 is 0 Å². The number of hydrogen-bond acceptors (Lipinski definition) is 5. The second-order valence-corrected chi connectivity index (χ2v) is 7.57. The number of hydrogen-bond donors (Lipinski definition) is 1. The Kier molecular flexibility index (Phi) is 5.83. The topological polar surface area (TPSA) is 118 Å². The van der Waals surface area contributed by atoms with E-state index in [0.717, 1.165) is 16.4 Å². The predicted octanol–water partition coefficient (Wildman–Crippen LogP) is 3.23. The van der Waals surface area contributed by atoms with Crippen molar-refractivity contribution < 1.29 is 23.2 Å². The summed E-state index contributed by atoms with van der Waals surface area (Å²) in [4.78, 5) is 20.9. The van der Waals surface area contributed by atoms with Gasteiger partial charge in [0.05, 0.1) is 17.0 Å². The quantitative estimate of drug-likeness (QED) is 0.565. The van der Waals surface area contributed by atoms with Gasteiger partial charge in [-0.3, -0.25) is 19.2 Å². The Morgan fingerprint density at radius 3 is 2.50 bits per heavy atom. The second-order valence-electron chi connectivity index (χ2n) is 5.33. The third kappa shape index (κ3) is 3.94. The number of anilines is 1. The van der Waals surface area contributed by atoms with Crippen molar-refractivity contribution in [2.24, 2.45) is 0 Å². The van der Waals surface area contributed by atoms with Gasteiger partial charge in [0.2, 0.25) is 0 Å². The van der Waals surface area contributed by atoms with Crippen LogP contribution in [0.3, 0.4) is 0 Å². The van der Waals surface area contributed by atoms with Crippen LogP contribution in [-0.2, 0) is 14.8 Å². The lowest BCUT2D eigenvalue weighted by molar-refractivity contribution is -0.387. The van der Waals surface area contributed by atoms with Gasteiger partial charge in [-0.15, -0.1) is 0 Å². The summed E-state index contributed by atoms with van der Waals surface area (Å²) >= 11 is 6.05. The average molecular weight is 399 g/mol. The van der Waals surface area contributed by atoms with Gasteiger partial charge in [-0.05, 0) is 30.7 Å². The molecule has 0 unspecified atom stereocenters. The number of carboxylic acids is 1. The maximum absolute atomic E-state index is 13.1. The molecule has 0 saturated carbocycles. The van der Waals surface area contributed by atoms with Crippen molar-refractivity contribution in [1.29, 1.82) is 0 Å². The Morgan fingerprint density at radius 2 is 1.88 bits per heavy atom. The molecule has 8 nitrogen and oxygen atoms in total. The number of halogens is 1. The normalized spacial score (nSPS) is 11.2. The number of benzene rings is 2. The summed E-state index contributed by atoms with van der Waals surface area (Å²) < 4.78 is 27.1. The summed E-state index contributed by atoms with van der Waals surface area (Å²) in [7, 11) is -4.40. The summed E-state index contributed by atoms with van der Waals surface area (Å²) in [6.07, 6.45) is -0.480. The van der Waals surface area contributed by atoms with Crippen molar-refractivity contribution in [1.82, 2.24) is 0 Å². The van der Waals surface area contributed by atoms with E-state index in [1.165, 1.54) is 24.3 Å². The maximum atomic E-state index is 13.1. The highest BCUT2D eigenvalue weighted by molar-refractivity contribution is 7.93. The van der Waals surface area contributed by atoms with Crippen molar-refractivity contribution >= 4 is 39.0 Å². The van der Waals surface area contributed by atoms with Crippen molar-refractivity contribution in [2.75, 3.05) is 10.8 Å². The molecule has 0 heterocycles. The molecule has 0 bridgehead atoms. The van der Waals surface area contributed by atoms with Crippen LogP contribution in [0.2, 0.25) is 5.02 Å². The molecule has 0 amide bonds. The van der Waals surface area contributed by atoms with Gasteiger partial charge in [-0.25, -0.2) is 8.42 Å². The number of sulfonamides is 1. The molecule has 0 saturated heterocycles. The molecule has 138 valence electrons. The number of nitro groups is 1. The molecular weight excluding hydrogens is 384 g/mol. The Morgan fingerprint density at radius 1 is 1.23 bits per heavy atom. The van der Waals surface area contributed by atoms with Crippen LogP contribution in [0.4, 0.5) is 11.4 Å². The van der Waals surface area contributed by atoms with E-state index in [4.69, 9.17) is 16.7 Å². The van der Waals surface area contributed by atoms with E-state index in [2.05, 4.69) is 0 Å². The second kappa shape index (κ2) is 7.71. The number of aliphatic carboxylic acids is 1. The van der Waals surface area contributed by atoms with Gasteiger partial charge in [-0.1, -0.05) is 29.8 Å². The molecule has 0 fully saturated rings. The SMILES string of the molecule is Cc1c(Cl)cccc1N(CCC(=O)O)S(=O)(=O)c1ccccc1[N+](=O)[O-]. The molecule has 10 heteroatoms. The van der Waals surface area contributed by atoms with Gasteiger partial charge in [-0.2, -0.15) is 0 Å². The summed E-state index contributed by atoms with van der Waals surface area (Å²) in [5.74, 6) is -1.20. The Balaban J connectivity index is 2.67. The van der Waals surface area contributed by atoms with Crippen LogP contribution in [-0.4, -0.2) is 31.0 Å². The van der Waals surface area contributed by atoms with Gasteiger partial charge >= 0.3 is 5.97 Å². The lowest BCUT2D eigenvalue weighted by atomic mass is 10.2. The largest absolute Gasteiger partial charge is 0.481 e. The highest BCUT2D eigenvalue weighted by Gasteiger charge is 2.32.